The van der Waals surface area contributed by atoms with Gasteiger partial charge in [-0.3, -0.25) is 4.79 Å². The molecule has 1 aromatic carbocycles. The Bertz CT molecular complexity index is 548. The van der Waals surface area contributed by atoms with Crippen LogP contribution in [0.4, 0.5) is 0 Å². The molecule has 1 aromatic heterocycles. The highest BCUT2D eigenvalue weighted by atomic mass is 16.1. The SMILES string of the molecule is CCC(C)NC(=O)CCc1cnn(-c2ccccc2)c1. The minimum Gasteiger partial charge on any atom is -0.354 e. The first-order valence-corrected chi connectivity index (χ1v) is 7.07. The Labute approximate surface area is 119 Å². The van der Waals surface area contributed by atoms with Gasteiger partial charge in [-0.05, 0) is 37.5 Å². The Morgan fingerprint density at radius 1 is 1.35 bits per heavy atom. The zero-order valence-corrected chi connectivity index (χ0v) is 12.0. The molecule has 1 N–H and O–H groups in total. The minimum atomic E-state index is 0.104. The Hall–Kier alpha value is -2.10. The molecular weight excluding hydrogens is 250 g/mol. The van der Waals surface area contributed by atoms with Gasteiger partial charge in [-0.2, -0.15) is 5.10 Å². The van der Waals surface area contributed by atoms with Gasteiger partial charge in [0.25, 0.3) is 0 Å². The first kappa shape index (κ1) is 14.3. The lowest BCUT2D eigenvalue weighted by molar-refractivity contribution is -0.121. The lowest BCUT2D eigenvalue weighted by atomic mass is 10.2. The lowest BCUT2D eigenvalue weighted by Crippen LogP contribution is -2.31. The molecule has 0 aliphatic carbocycles. The fourth-order valence-electron chi connectivity index (χ4n) is 1.92. The van der Waals surface area contributed by atoms with Crippen LogP contribution in [0.1, 0.15) is 32.3 Å². The normalized spacial score (nSPS) is 12.1. The van der Waals surface area contributed by atoms with E-state index in [-0.39, 0.29) is 11.9 Å². The van der Waals surface area contributed by atoms with E-state index in [9.17, 15) is 4.79 Å². The Kier molecular flexibility index (Phi) is 4.93. The van der Waals surface area contributed by atoms with Crippen LogP contribution < -0.4 is 5.32 Å². The van der Waals surface area contributed by atoms with Crippen LogP contribution in [0.25, 0.3) is 5.69 Å². The molecule has 0 bridgehead atoms. The Morgan fingerprint density at radius 2 is 2.10 bits per heavy atom. The van der Waals surface area contributed by atoms with Crippen LogP contribution in [0, 0.1) is 0 Å². The minimum absolute atomic E-state index is 0.104. The Morgan fingerprint density at radius 3 is 2.80 bits per heavy atom. The standard InChI is InChI=1S/C16H21N3O/c1-3-13(2)18-16(20)10-9-14-11-17-19(12-14)15-7-5-4-6-8-15/h4-8,11-13H,3,9-10H2,1-2H3,(H,18,20). The number of rotatable bonds is 6. The molecule has 1 heterocycles. The molecule has 1 amide bonds. The number of carbonyl (C=O) groups excluding carboxylic acids is 1. The van der Waals surface area contributed by atoms with E-state index >= 15 is 0 Å². The van der Waals surface area contributed by atoms with Gasteiger partial charge >= 0.3 is 0 Å². The summed E-state index contributed by atoms with van der Waals surface area (Å²) in [6, 6.07) is 10.2. The van der Waals surface area contributed by atoms with Crippen LogP contribution in [0.2, 0.25) is 0 Å². The average Bonchev–Trinajstić information content (AvgIpc) is 2.95. The maximum atomic E-state index is 11.7. The maximum absolute atomic E-state index is 11.7. The topological polar surface area (TPSA) is 46.9 Å². The highest BCUT2D eigenvalue weighted by Crippen LogP contribution is 2.09. The molecule has 106 valence electrons. The molecule has 0 aliphatic rings. The summed E-state index contributed by atoms with van der Waals surface area (Å²) in [5.74, 6) is 0.104. The average molecular weight is 271 g/mol. The second kappa shape index (κ2) is 6.89. The van der Waals surface area contributed by atoms with E-state index in [2.05, 4.69) is 17.3 Å². The third kappa shape index (κ3) is 3.95. The van der Waals surface area contributed by atoms with Gasteiger partial charge in [0.15, 0.2) is 0 Å². The van der Waals surface area contributed by atoms with Crippen LogP contribution in [0.5, 0.6) is 0 Å². The highest BCUT2D eigenvalue weighted by molar-refractivity contribution is 5.76. The smallest absolute Gasteiger partial charge is 0.220 e. The summed E-state index contributed by atoms with van der Waals surface area (Å²) in [5.41, 5.74) is 2.11. The van der Waals surface area contributed by atoms with Crippen LogP contribution in [-0.4, -0.2) is 21.7 Å². The number of para-hydroxylation sites is 1. The molecule has 0 saturated carbocycles. The molecule has 0 saturated heterocycles. The van der Waals surface area contributed by atoms with Crippen molar-refractivity contribution < 1.29 is 4.79 Å². The van der Waals surface area contributed by atoms with Gasteiger partial charge in [0.2, 0.25) is 5.91 Å². The third-order valence-corrected chi connectivity index (χ3v) is 3.32. The zero-order chi connectivity index (χ0) is 14.4. The predicted octanol–water partition coefficient (Wildman–Crippen LogP) is 2.72. The molecule has 4 nitrogen and oxygen atoms in total. The lowest BCUT2D eigenvalue weighted by Gasteiger charge is -2.10. The zero-order valence-electron chi connectivity index (χ0n) is 12.0. The van der Waals surface area contributed by atoms with Crippen molar-refractivity contribution in [2.24, 2.45) is 0 Å². The van der Waals surface area contributed by atoms with Crippen molar-refractivity contribution in [3.63, 3.8) is 0 Å². The second-order valence-corrected chi connectivity index (χ2v) is 5.01. The molecule has 0 fully saturated rings. The summed E-state index contributed by atoms with van der Waals surface area (Å²) in [4.78, 5) is 11.7. The molecule has 0 radical (unpaired) electrons. The van der Waals surface area contributed by atoms with Gasteiger partial charge in [-0.25, -0.2) is 4.68 Å². The van der Waals surface area contributed by atoms with Gasteiger partial charge in [0.1, 0.15) is 0 Å². The quantitative estimate of drug-likeness (QED) is 0.878. The number of hydrogen-bond donors (Lipinski definition) is 1. The van der Waals surface area contributed by atoms with Crippen molar-refractivity contribution in [2.45, 2.75) is 39.2 Å². The summed E-state index contributed by atoms with van der Waals surface area (Å²) in [5, 5.41) is 7.30. The summed E-state index contributed by atoms with van der Waals surface area (Å²) in [6.45, 7) is 4.08. The molecule has 20 heavy (non-hydrogen) atoms. The van der Waals surface area contributed by atoms with Crippen molar-refractivity contribution >= 4 is 5.91 Å². The van der Waals surface area contributed by atoms with Crippen LogP contribution in [0.15, 0.2) is 42.7 Å². The number of benzene rings is 1. The van der Waals surface area contributed by atoms with E-state index < -0.39 is 0 Å². The van der Waals surface area contributed by atoms with E-state index in [1.165, 1.54) is 0 Å². The van der Waals surface area contributed by atoms with Crippen LogP contribution in [0.3, 0.4) is 0 Å². The van der Waals surface area contributed by atoms with Crippen LogP contribution in [-0.2, 0) is 11.2 Å². The number of carbonyl (C=O) groups is 1. The van der Waals surface area contributed by atoms with E-state index in [1.807, 2.05) is 54.3 Å². The summed E-state index contributed by atoms with van der Waals surface area (Å²) in [6.07, 6.45) is 5.98. The van der Waals surface area contributed by atoms with Gasteiger partial charge in [0, 0.05) is 18.7 Å². The van der Waals surface area contributed by atoms with Crippen molar-refractivity contribution in [3.05, 3.63) is 48.3 Å². The number of hydrogen-bond acceptors (Lipinski definition) is 2. The molecule has 4 heteroatoms. The fraction of sp³-hybridized carbons (Fsp3) is 0.375. The molecule has 2 aromatic rings. The monoisotopic (exact) mass is 271 g/mol. The number of nitrogens with one attached hydrogen (secondary N) is 1. The largest absolute Gasteiger partial charge is 0.354 e. The number of amides is 1. The van der Waals surface area contributed by atoms with Crippen molar-refractivity contribution in [1.82, 2.24) is 15.1 Å². The number of aromatic nitrogens is 2. The van der Waals surface area contributed by atoms with Gasteiger partial charge in [-0.15, -0.1) is 0 Å². The van der Waals surface area contributed by atoms with E-state index in [1.54, 1.807) is 0 Å². The van der Waals surface area contributed by atoms with Gasteiger partial charge < -0.3 is 5.32 Å². The van der Waals surface area contributed by atoms with Crippen molar-refractivity contribution in [1.29, 1.82) is 0 Å². The molecule has 0 aliphatic heterocycles. The molecule has 2 rings (SSSR count). The number of aryl methyl sites for hydroxylation is 1. The number of nitrogens with zero attached hydrogens (tertiary/aromatic N) is 2. The first-order chi connectivity index (χ1) is 9.69. The summed E-state index contributed by atoms with van der Waals surface area (Å²) >= 11 is 0. The Balaban J connectivity index is 1.89. The highest BCUT2D eigenvalue weighted by Gasteiger charge is 2.07. The predicted molar refractivity (Wildman–Crippen MR) is 79.8 cm³/mol. The van der Waals surface area contributed by atoms with E-state index in [4.69, 9.17) is 0 Å². The molecular formula is C16H21N3O. The van der Waals surface area contributed by atoms with Gasteiger partial charge in [-0.1, -0.05) is 25.1 Å². The van der Waals surface area contributed by atoms with Crippen molar-refractivity contribution in [3.8, 4) is 5.69 Å². The summed E-state index contributed by atoms with van der Waals surface area (Å²) < 4.78 is 1.84. The summed E-state index contributed by atoms with van der Waals surface area (Å²) in [7, 11) is 0. The van der Waals surface area contributed by atoms with Crippen molar-refractivity contribution in [2.75, 3.05) is 0 Å². The van der Waals surface area contributed by atoms with E-state index in [0.717, 1.165) is 24.1 Å². The van der Waals surface area contributed by atoms with Gasteiger partial charge in [0.05, 0.1) is 11.9 Å². The molecule has 1 unspecified atom stereocenters. The van der Waals surface area contributed by atoms with Crippen LogP contribution >= 0.6 is 0 Å². The fourth-order valence-corrected chi connectivity index (χ4v) is 1.92. The first-order valence-electron chi connectivity index (χ1n) is 7.07. The third-order valence-electron chi connectivity index (χ3n) is 3.32. The maximum Gasteiger partial charge on any atom is 0.220 e. The van der Waals surface area contributed by atoms with E-state index in [0.29, 0.717) is 6.42 Å². The molecule has 1 atom stereocenters. The molecule has 0 spiro atoms. The second-order valence-electron chi connectivity index (χ2n) is 5.01.